The minimum atomic E-state index is -0.394. The smallest absolute Gasteiger partial charge is 0.339 e. The van der Waals surface area contributed by atoms with Crippen molar-refractivity contribution >= 4 is 5.97 Å². The molecule has 0 bridgehead atoms. The molecular weight excluding hydrogens is 182 g/mol. The molecule has 0 aliphatic rings. The zero-order valence-electron chi connectivity index (χ0n) is 8.06. The van der Waals surface area contributed by atoms with Crippen molar-refractivity contribution in [2.75, 3.05) is 13.2 Å². The third kappa shape index (κ3) is 3.14. The van der Waals surface area contributed by atoms with Crippen LogP contribution in [0.1, 0.15) is 22.3 Å². The molecule has 0 radical (unpaired) electrons. The topological polar surface area (TPSA) is 59.4 Å². The summed E-state index contributed by atoms with van der Waals surface area (Å²) in [6, 6.07) is 1.72. The molecule has 4 heteroatoms. The van der Waals surface area contributed by atoms with E-state index < -0.39 is 5.97 Å². The number of aryl methyl sites for hydroxylation is 1. The maximum absolute atomic E-state index is 11.3. The van der Waals surface area contributed by atoms with Gasteiger partial charge in [0.2, 0.25) is 0 Å². The summed E-state index contributed by atoms with van der Waals surface area (Å²) in [6.45, 7) is 2.13. The average Bonchev–Trinajstić information content (AvgIpc) is 2.18. The highest BCUT2D eigenvalue weighted by Gasteiger charge is 2.06. The number of rotatable bonds is 4. The standard InChI is InChI=1S/C10H13NO3/c1-8-5-9(7-11-6-8)10(13)14-4-2-3-12/h5-7,12H,2-4H2,1H3. The van der Waals surface area contributed by atoms with Crippen LogP contribution in [0.4, 0.5) is 0 Å². The van der Waals surface area contributed by atoms with E-state index in [1.165, 1.54) is 6.20 Å². The Morgan fingerprint density at radius 2 is 2.36 bits per heavy atom. The molecule has 0 aliphatic heterocycles. The van der Waals surface area contributed by atoms with E-state index in [1.54, 1.807) is 12.3 Å². The number of hydrogen-bond donors (Lipinski definition) is 1. The molecule has 0 aliphatic carbocycles. The second-order valence-corrected chi connectivity index (χ2v) is 2.96. The highest BCUT2D eigenvalue weighted by molar-refractivity contribution is 5.89. The van der Waals surface area contributed by atoms with Gasteiger partial charge >= 0.3 is 5.97 Å². The third-order valence-electron chi connectivity index (χ3n) is 1.65. The number of nitrogens with zero attached hydrogens (tertiary/aromatic N) is 1. The minimum Gasteiger partial charge on any atom is -0.462 e. The number of aliphatic hydroxyl groups is 1. The predicted molar refractivity (Wildman–Crippen MR) is 51.0 cm³/mol. The van der Waals surface area contributed by atoms with Crippen molar-refractivity contribution in [1.82, 2.24) is 4.98 Å². The van der Waals surface area contributed by atoms with Gasteiger partial charge in [-0.25, -0.2) is 4.79 Å². The van der Waals surface area contributed by atoms with E-state index in [4.69, 9.17) is 9.84 Å². The van der Waals surface area contributed by atoms with Gasteiger partial charge in [-0.05, 0) is 18.6 Å². The Morgan fingerprint density at radius 1 is 1.57 bits per heavy atom. The lowest BCUT2D eigenvalue weighted by molar-refractivity contribution is 0.0481. The fourth-order valence-electron chi connectivity index (χ4n) is 0.979. The van der Waals surface area contributed by atoms with Crippen LogP contribution in [0.3, 0.4) is 0 Å². The van der Waals surface area contributed by atoms with Gasteiger partial charge in [0, 0.05) is 25.4 Å². The average molecular weight is 195 g/mol. The molecule has 1 aromatic rings. The summed E-state index contributed by atoms with van der Waals surface area (Å²) >= 11 is 0. The summed E-state index contributed by atoms with van der Waals surface area (Å²) in [4.78, 5) is 15.2. The zero-order chi connectivity index (χ0) is 10.4. The molecule has 0 saturated carbocycles. The first-order chi connectivity index (χ1) is 6.74. The molecule has 0 saturated heterocycles. The van der Waals surface area contributed by atoms with Crippen LogP contribution in [0.2, 0.25) is 0 Å². The number of hydrogen-bond acceptors (Lipinski definition) is 4. The van der Waals surface area contributed by atoms with Crippen LogP contribution in [0, 0.1) is 6.92 Å². The maximum atomic E-state index is 11.3. The number of aliphatic hydroxyl groups excluding tert-OH is 1. The third-order valence-corrected chi connectivity index (χ3v) is 1.65. The van der Waals surface area contributed by atoms with E-state index >= 15 is 0 Å². The zero-order valence-corrected chi connectivity index (χ0v) is 8.06. The van der Waals surface area contributed by atoms with Gasteiger partial charge in [-0.15, -0.1) is 0 Å². The molecule has 0 aromatic carbocycles. The molecule has 0 amide bonds. The Kier molecular flexibility index (Phi) is 4.07. The molecule has 1 heterocycles. The van der Waals surface area contributed by atoms with Crippen molar-refractivity contribution in [3.05, 3.63) is 29.6 Å². The number of pyridine rings is 1. The van der Waals surface area contributed by atoms with Gasteiger partial charge in [-0.2, -0.15) is 0 Å². The summed E-state index contributed by atoms with van der Waals surface area (Å²) < 4.78 is 4.88. The Bertz CT molecular complexity index is 312. The molecule has 14 heavy (non-hydrogen) atoms. The Balaban J connectivity index is 2.52. The highest BCUT2D eigenvalue weighted by Crippen LogP contribution is 2.03. The maximum Gasteiger partial charge on any atom is 0.339 e. The number of ether oxygens (including phenoxy) is 1. The molecular formula is C10H13NO3. The molecule has 4 nitrogen and oxygen atoms in total. The van der Waals surface area contributed by atoms with Gasteiger partial charge < -0.3 is 9.84 Å². The molecule has 0 spiro atoms. The Hall–Kier alpha value is -1.42. The van der Waals surface area contributed by atoms with Gasteiger partial charge in [0.05, 0.1) is 12.2 Å². The van der Waals surface area contributed by atoms with Gasteiger partial charge in [-0.3, -0.25) is 4.98 Å². The number of carbonyl (C=O) groups excluding carboxylic acids is 1. The van der Waals surface area contributed by atoms with E-state index in [-0.39, 0.29) is 13.2 Å². The quantitative estimate of drug-likeness (QED) is 0.573. The minimum absolute atomic E-state index is 0.0271. The highest BCUT2D eigenvalue weighted by atomic mass is 16.5. The Labute approximate surface area is 82.5 Å². The monoisotopic (exact) mass is 195 g/mol. The van der Waals surface area contributed by atoms with E-state index in [9.17, 15) is 4.79 Å². The molecule has 0 fully saturated rings. The second-order valence-electron chi connectivity index (χ2n) is 2.96. The normalized spacial score (nSPS) is 9.86. The van der Waals surface area contributed by atoms with Crippen molar-refractivity contribution in [1.29, 1.82) is 0 Å². The largest absolute Gasteiger partial charge is 0.462 e. The van der Waals surface area contributed by atoms with Crippen LogP contribution >= 0.6 is 0 Å². The van der Waals surface area contributed by atoms with Crippen LogP contribution in [0.5, 0.6) is 0 Å². The molecule has 0 unspecified atom stereocenters. The number of carbonyl (C=O) groups is 1. The summed E-state index contributed by atoms with van der Waals surface area (Å²) in [6.07, 6.45) is 3.60. The van der Waals surface area contributed by atoms with Crippen molar-refractivity contribution in [3.63, 3.8) is 0 Å². The first-order valence-electron chi connectivity index (χ1n) is 4.43. The Morgan fingerprint density at radius 3 is 3.00 bits per heavy atom. The van der Waals surface area contributed by atoms with Crippen molar-refractivity contribution in [3.8, 4) is 0 Å². The van der Waals surface area contributed by atoms with Crippen LogP contribution in [0.25, 0.3) is 0 Å². The molecule has 76 valence electrons. The van der Waals surface area contributed by atoms with Crippen molar-refractivity contribution in [2.45, 2.75) is 13.3 Å². The molecule has 1 rings (SSSR count). The lowest BCUT2D eigenvalue weighted by atomic mass is 10.2. The van der Waals surface area contributed by atoms with Crippen molar-refractivity contribution in [2.24, 2.45) is 0 Å². The summed E-state index contributed by atoms with van der Waals surface area (Å²) in [5.74, 6) is -0.394. The van der Waals surface area contributed by atoms with Gasteiger partial charge in [0.25, 0.3) is 0 Å². The predicted octanol–water partition coefficient (Wildman–Crippen LogP) is 0.929. The molecule has 0 atom stereocenters. The van der Waals surface area contributed by atoms with Crippen LogP contribution in [-0.4, -0.2) is 29.3 Å². The fraction of sp³-hybridized carbons (Fsp3) is 0.400. The van der Waals surface area contributed by atoms with Crippen LogP contribution in [0.15, 0.2) is 18.5 Å². The van der Waals surface area contributed by atoms with E-state index in [0.717, 1.165) is 5.56 Å². The number of esters is 1. The summed E-state index contributed by atoms with van der Waals surface area (Å²) in [5.41, 5.74) is 1.37. The fourth-order valence-corrected chi connectivity index (χ4v) is 0.979. The lowest BCUT2D eigenvalue weighted by Crippen LogP contribution is -2.07. The van der Waals surface area contributed by atoms with Crippen LogP contribution < -0.4 is 0 Å². The van der Waals surface area contributed by atoms with E-state index in [2.05, 4.69) is 4.98 Å². The lowest BCUT2D eigenvalue weighted by Gasteiger charge is -2.03. The summed E-state index contributed by atoms with van der Waals surface area (Å²) in [7, 11) is 0. The first kappa shape index (κ1) is 10.7. The number of aromatic nitrogens is 1. The van der Waals surface area contributed by atoms with Gasteiger partial charge in [0.15, 0.2) is 0 Å². The molecule has 1 N–H and O–H groups in total. The van der Waals surface area contributed by atoms with Gasteiger partial charge in [-0.1, -0.05) is 0 Å². The van der Waals surface area contributed by atoms with E-state index in [1.807, 2.05) is 6.92 Å². The van der Waals surface area contributed by atoms with Crippen molar-refractivity contribution < 1.29 is 14.6 Å². The SMILES string of the molecule is Cc1cncc(C(=O)OCCCO)c1. The first-order valence-corrected chi connectivity index (χ1v) is 4.43. The van der Waals surface area contributed by atoms with Crippen LogP contribution in [-0.2, 0) is 4.74 Å². The van der Waals surface area contributed by atoms with Gasteiger partial charge in [0.1, 0.15) is 0 Å². The summed E-state index contributed by atoms with van der Waals surface area (Å²) in [5, 5.41) is 8.49. The second kappa shape index (κ2) is 5.34. The molecule has 1 aromatic heterocycles. The van der Waals surface area contributed by atoms with E-state index in [0.29, 0.717) is 12.0 Å².